The van der Waals surface area contributed by atoms with Crippen LogP contribution >= 0.6 is 0 Å². The van der Waals surface area contributed by atoms with Crippen LogP contribution in [-0.4, -0.2) is 21.6 Å². The molecule has 2 aromatic carbocycles. The fraction of sp³-hybridized carbons (Fsp3) is 0.269. The number of amides is 2. The van der Waals surface area contributed by atoms with Crippen molar-refractivity contribution in [2.24, 2.45) is 0 Å². The zero-order valence-corrected chi connectivity index (χ0v) is 19.0. The van der Waals surface area contributed by atoms with Gasteiger partial charge in [0.15, 0.2) is 0 Å². The molecular formula is C26H27FN4O2. The van der Waals surface area contributed by atoms with Crippen molar-refractivity contribution in [1.82, 2.24) is 15.1 Å². The summed E-state index contributed by atoms with van der Waals surface area (Å²) in [7, 11) is 0. The first-order chi connectivity index (χ1) is 15.9. The number of benzene rings is 2. The maximum absolute atomic E-state index is 13.4. The van der Waals surface area contributed by atoms with E-state index in [0.29, 0.717) is 11.3 Å². The summed E-state index contributed by atoms with van der Waals surface area (Å²) in [5.74, 6) is -1.30. The zero-order chi connectivity index (χ0) is 23.5. The molecule has 0 radical (unpaired) electrons. The number of nitrogens with one attached hydrogen (secondary N) is 2. The summed E-state index contributed by atoms with van der Waals surface area (Å²) in [6.07, 6.45) is 2.57. The minimum absolute atomic E-state index is 0.123. The molecule has 0 fully saturated rings. The molecule has 2 amide bonds. The number of carbonyl (C=O) groups excluding carboxylic acids is 2. The highest BCUT2D eigenvalue weighted by atomic mass is 19.1. The highest BCUT2D eigenvalue weighted by Crippen LogP contribution is 2.32. The second-order valence-electron chi connectivity index (χ2n) is 8.35. The summed E-state index contributed by atoms with van der Waals surface area (Å²) >= 11 is 0. The van der Waals surface area contributed by atoms with E-state index in [0.717, 1.165) is 41.0 Å². The number of halogens is 1. The van der Waals surface area contributed by atoms with Gasteiger partial charge >= 0.3 is 0 Å². The van der Waals surface area contributed by atoms with Crippen LogP contribution in [0.3, 0.4) is 0 Å². The average molecular weight is 447 g/mol. The van der Waals surface area contributed by atoms with Gasteiger partial charge in [-0.25, -0.2) is 4.39 Å². The predicted molar refractivity (Wildman–Crippen MR) is 126 cm³/mol. The van der Waals surface area contributed by atoms with Gasteiger partial charge in [0, 0.05) is 47.6 Å². The molecule has 1 aliphatic heterocycles. The SMILES string of the molecule is CCCn1nc(-c2ccc(C)c(NC(=O)C3=CNC(=O)C[C@H]3c3ccc(F)cc3)c2)cc1C. The lowest BCUT2D eigenvalue weighted by Crippen LogP contribution is -2.32. The van der Waals surface area contributed by atoms with Crippen molar-refractivity contribution >= 4 is 17.5 Å². The molecule has 7 heteroatoms. The Balaban J connectivity index is 1.61. The maximum Gasteiger partial charge on any atom is 0.253 e. The largest absolute Gasteiger partial charge is 0.332 e. The van der Waals surface area contributed by atoms with Gasteiger partial charge in [0.05, 0.1) is 5.69 Å². The van der Waals surface area contributed by atoms with E-state index in [-0.39, 0.29) is 24.1 Å². The van der Waals surface area contributed by atoms with E-state index in [2.05, 4.69) is 17.6 Å². The Labute approximate surface area is 192 Å². The lowest BCUT2D eigenvalue weighted by molar-refractivity contribution is -0.121. The second-order valence-corrected chi connectivity index (χ2v) is 8.35. The van der Waals surface area contributed by atoms with Crippen LogP contribution in [0.2, 0.25) is 0 Å². The summed E-state index contributed by atoms with van der Waals surface area (Å²) in [5, 5.41) is 10.3. The molecular weight excluding hydrogens is 419 g/mol. The molecule has 2 heterocycles. The Morgan fingerprint density at radius 3 is 2.67 bits per heavy atom. The van der Waals surface area contributed by atoms with Gasteiger partial charge in [-0.15, -0.1) is 0 Å². The lowest BCUT2D eigenvalue weighted by Gasteiger charge is -2.24. The first-order valence-electron chi connectivity index (χ1n) is 11.1. The number of anilines is 1. The van der Waals surface area contributed by atoms with Crippen LogP contribution in [0.4, 0.5) is 10.1 Å². The van der Waals surface area contributed by atoms with E-state index < -0.39 is 5.92 Å². The summed E-state index contributed by atoms with van der Waals surface area (Å²) in [6, 6.07) is 13.8. The second kappa shape index (κ2) is 9.40. The smallest absolute Gasteiger partial charge is 0.253 e. The van der Waals surface area contributed by atoms with Crippen molar-refractivity contribution in [3.05, 3.63) is 82.9 Å². The fourth-order valence-corrected chi connectivity index (χ4v) is 4.03. The van der Waals surface area contributed by atoms with Crippen LogP contribution in [0.15, 0.2) is 60.3 Å². The van der Waals surface area contributed by atoms with Crippen molar-refractivity contribution in [2.45, 2.75) is 46.1 Å². The van der Waals surface area contributed by atoms with Crippen LogP contribution in [0.1, 0.15) is 42.5 Å². The topological polar surface area (TPSA) is 76.0 Å². The molecule has 0 aliphatic carbocycles. The van der Waals surface area contributed by atoms with Gasteiger partial charge in [0.1, 0.15) is 5.82 Å². The Hall–Kier alpha value is -3.74. The molecule has 1 aliphatic rings. The molecule has 0 bridgehead atoms. The first-order valence-corrected chi connectivity index (χ1v) is 11.1. The Bertz CT molecular complexity index is 1230. The van der Waals surface area contributed by atoms with E-state index in [1.54, 1.807) is 12.1 Å². The number of aryl methyl sites for hydroxylation is 3. The minimum Gasteiger partial charge on any atom is -0.332 e. The summed E-state index contributed by atoms with van der Waals surface area (Å²) < 4.78 is 15.4. The van der Waals surface area contributed by atoms with E-state index >= 15 is 0 Å². The van der Waals surface area contributed by atoms with Gasteiger partial charge in [0.25, 0.3) is 5.91 Å². The van der Waals surface area contributed by atoms with Gasteiger partial charge in [-0.1, -0.05) is 31.2 Å². The third kappa shape index (κ3) is 4.87. The van der Waals surface area contributed by atoms with Crippen LogP contribution in [0.5, 0.6) is 0 Å². The molecule has 1 aromatic heterocycles. The monoisotopic (exact) mass is 446 g/mol. The third-order valence-corrected chi connectivity index (χ3v) is 5.89. The molecule has 0 saturated heterocycles. The summed E-state index contributed by atoms with van der Waals surface area (Å²) in [6.45, 7) is 6.92. The lowest BCUT2D eigenvalue weighted by atomic mass is 9.86. The molecule has 4 rings (SSSR count). The van der Waals surface area contributed by atoms with Crippen LogP contribution in [-0.2, 0) is 16.1 Å². The molecule has 0 spiro atoms. The summed E-state index contributed by atoms with van der Waals surface area (Å²) in [5.41, 5.74) is 5.58. The molecule has 6 nitrogen and oxygen atoms in total. The molecule has 2 N–H and O–H groups in total. The van der Waals surface area contributed by atoms with Crippen molar-refractivity contribution in [3.63, 3.8) is 0 Å². The quantitative estimate of drug-likeness (QED) is 0.569. The van der Waals surface area contributed by atoms with Crippen molar-refractivity contribution < 1.29 is 14.0 Å². The third-order valence-electron chi connectivity index (χ3n) is 5.89. The standard InChI is InChI=1S/C26H27FN4O2/c1-4-11-31-17(3)12-24(30-31)19-6-5-16(2)23(13-19)29-26(33)22-15-28-25(32)14-21(22)18-7-9-20(27)10-8-18/h5-10,12-13,15,21H,4,11,14H2,1-3H3,(H,28,32)(H,29,33)/t21-/m0/s1. The van der Waals surface area contributed by atoms with Crippen molar-refractivity contribution in [2.75, 3.05) is 5.32 Å². The Kier molecular flexibility index (Phi) is 6.40. The highest BCUT2D eigenvalue weighted by Gasteiger charge is 2.29. The number of hydrogen-bond donors (Lipinski definition) is 2. The van der Waals surface area contributed by atoms with Gasteiger partial charge < -0.3 is 10.6 Å². The summed E-state index contributed by atoms with van der Waals surface area (Å²) in [4.78, 5) is 25.2. The Morgan fingerprint density at radius 2 is 1.94 bits per heavy atom. The van der Waals surface area contributed by atoms with E-state index in [1.807, 2.05) is 42.8 Å². The molecule has 0 saturated carbocycles. The maximum atomic E-state index is 13.4. The molecule has 170 valence electrons. The van der Waals surface area contributed by atoms with Gasteiger partial charge in [-0.3, -0.25) is 14.3 Å². The number of carbonyl (C=O) groups is 2. The van der Waals surface area contributed by atoms with E-state index in [4.69, 9.17) is 5.10 Å². The first kappa shape index (κ1) is 22.5. The van der Waals surface area contributed by atoms with E-state index in [1.165, 1.54) is 18.3 Å². The average Bonchev–Trinajstić information content (AvgIpc) is 3.16. The predicted octanol–water partition coefficient (Wildman–Crippen LogP) is 4.84. The zero-order valence-electron chi connectivity index (χ0n) is 19.0. The number of nitrogens with zero attached hydrogens (tertiary/aromatic N) is 2. The number of rotatable bonds is 6. The highest BCUT2D eigenvalue weighted by molar-refractivity contribution is 6.07. The number of aromatic nitrogens is 2. The van der Waals surface area contributed by atoms with Crippen LogP contribution < -0.4 is 10.6 Å². The van der Waals surface area contributed by atoms with Crippen molar-refractivity contribution in [1.29, 1.82) is 0 Å². The van der Waals surface area contributed by atoms with E-state index in [9.17, 15) is 14.0 Å². The fourth-order valence-electron chi connectivity index (χ4n) is 4.03. The normalized spacial score (nSPS) is 15.7. The number of hydrogen-bond acceptors (Lipinski definition) is 3. The van der Waals surface area contributed by atoms with Crippen molar-refractivity contribution in [3.8, 4) is 11.3 Å². The molecule has 3 aromatic rings. The minimum atomic E-state index is -0.449. The molecule has 0 unspecified atom stereocenters. The van der Waals surface area contributed by atoms with Gasteiger partial charge in [-0.2, -0.15) is 5.10 Å². The molecule has 1 atom stereocenters. The van der Waals surface area contributed by atoms with Crippen LogP contribution in [0.25, 0.3) is 11.3 Å². The Morgan fingerprint density at radius 1 is 1.18 bits per heavy atom. The van der Waals surface area contributed by atoms with Gasteiger partial charge in [-0.05, 0) is 55.7 Å². The molecule has 33 heavy (non-hydrogen) atoms. The van der Waals surface area contributed by atoms with Crippen LogP contribution in [0, 0.1) is 19.7 Å². The van der Waals surface area contributed by atoms with Gasteiger partial charge in [0.2, 0.25) is 5.91 Å².